The quantitative estimate of drug-likeness (QED) is 0.516. The van der Waals surface area contributed by atoms with Crippen LogP contribution in [0.3, 0.4) is 0 Å². The summed E-state index contributed by atoms with van der Waals surface area (Å²) in [6.07, 6.45) is 1.39. The van der Waals surface area contributed by atoms with Crippen LogP contribution in [0.5, 0.6) is 0 Å². The number of carbonyl (C=O) groups excluding carboxylic acids is 1. The summed E-state index contributed by atoms with van der Waals surface area (Å²) in [5.41, 5.74) is 0.873. The van der Waals surface area contributed by atoms with E-state index < -0.39 is 0 Å². The van der Waals surface area contributed by atoms with Crippen molar-refractivity contribution in [3.63, 3.8) is 0 Å². The minimum absolute atomic E-state index is 0.130. The summed E-state index contributed by atoms with van der Waals surface area (Å²) < 4.78 is 0. The van der Waals surface area contributed by atoms with Crippen LogP contribution < -0.4 is 5.32 Å². The topological polar surface area (TPSA) is 74.6 Å². The summed E-state index contributed by atoms with van der Waals surface area (Å²) in [4.78, 5) is 18.2. The first-order valence-corrected chi connectivity index (χ1v) is 6.76. The first kappa shape index (κ1) is 12.7. The van der Waals surface area contributed by atoms with Crippen LogP contribution in [0.4, 0.5) is 5.13 Å². The lowest BCUT2D eigenvalue weighted by atomic mass is 10.3. The zero-order valence-corrected chi connectivity index (χ0v) is 11.4. The molecule has 0 fully saturated rings. The van der Waals surface area contributed by atoms with E-state index in [1.54, 1.807) is 0 Å². The number of nitrogens with zero attached hydrogens (tertiary/aromatic N) is 2. The number of rotatable bonds is 3. The molecule has 1 amide bonds. The predicted molar refractivity (Wildman–Crippen MR) is 73.8 cm³/mol. The Bertz CT molecular complexity index is 601. The summed E-state index contributed by atoms with van der Waals surface area (Å²) in [5, 5.41) is 14.7. The smallest absolute Gasteiger partial charge is 0.223 e. The molecule has 0 spiro atoms. The van der Waals surface area contributed by atoms with Crippen molar-refractivity contribution in [1.29, 1.82) is 0 Å². The molecule has 94 valence electrons. The maximum Gasteiger partial charge on any atom is 0.223 e. The Morgan fingerprint density at radius 2 is 2.28 bits per heavy atom. The van der Waals surface area contributed by atoms with E-state index in [0.29, 0.717) is 5.13 Å². The first-order chi connectivity index (χ1) is 8.60. The van der Waals surface area contributed by atoms with Gasteiger partial charge in [-0.15, -0.1) is 11.3 Å². The molecule has 2 N–H and O–H groups in total. The monoisotopic (exact) mass is 281 g/mol. The number of aromatic nitrogens is 1. The van der Waals surface area contributed by atoms with E-state index in [1.165, 1.54) is 35.8 Å². The second-order valence-corrected chi connectivity index (χ2v) is 5.68. The minimum Gasteiger partial charge on any atom is -0.411 e. The highest BCUT2D eigenvalue weighted by Crippen LogP contribution is 2.36. The molecule has 0 aliphatic carbocycles. The number of oxime groups is 1. The van der Waals surface area contributed by atoms with Gasteiger partial charge in [-0.1, -0.05) is 16.5 Å². The number of hydrogen-bond acceptors (Lipinski definition) is 6. The molecule has 2 heterocycles. The van der Waals surface area contributed by atoms with Crippen LogP contribution in [0.15, 0.2) is 17.3 Å². The van der Waals surface area contributed by atoms with Crippen molar-refractivity contribution in [2.24, 2.45) is 5.16 Å². The second-order valence-electron chi connectivity index (χ2n) is 3.56. The Labute approximate surface area is 112 Å². The number of carbonyl (C=O) groups is 1. The van der Waals surface area contributed by atoms with Crippen molar-refractivity contribution >= 4 is 39.9 Å². The van der Waals surface area contributed by atoms with E-state index in [4.69, 9.17) is 5.21 Å². The van der Waals surface area contributed by atoms with Gasteiger partial charge in [0.1, 0.15) is 0 Å². The highest BCUT2D eigenvalue weighted by atomic mass is 32.1. The third-order valence-electron chi connectivity index (χ3n) is 2.12. The second kappa shape index (κ2) is 5.28. The molecular weight excluding hydrogens is 270 g/mol. The van der Waals surface area contributed by atoms with Crippen molar-refractivity contribution in [3.8, 4) is 9.75 Å². The average Bonchev–Trinajstić information content (AvgIpc) is 2.85. The molecular formula is C11H11N3O2S2. The largest absolute Gasteiger partial charge is 0.411 e. The van der Waals surface area contributed by atoms with Crippen molar-refractivity contribution in [2.75, 3.05) is 5.32 Å². The SMILES string of the molecule is CC(=O)Nc1nc(C)c(-c2ccc(/C=N\O)s2)s1. The lowest BCUT2D eigenvalue weighted by Crippen LogP contribution is -2.04. The first-order valence-electron chi connectivity index (χ1n) is 5.13. The molecule has 0 aliphatic heterocycles. The van der Waals surface area contributed by atoms with Gasteiger partial charge >= 0.3 is 0 Å². The highest BCUT2D eigenvalue weighted by Gasteiger charge is 2.12. The number of hydrogen-bond donors (Lipinski definition) is 2. The predicted octanol–water partition coefficient (Wildman–Crippen LogP) is 2.95. The van der Waals surface area contributed by atoms with Crippen LogP contribution in [0, 0.1) is 6.92 Å². The molecule has 0 aromatic carbocycles. The minimum atomic E-state index is -0.130. The molecule has 0 atom stereocenters. The highest BCUT2D eigenvalue weighted by molar-refractivity contribution is 7.24. The number of amides is 1. The molecule has 2 aromatic rings. The molecule has 0 unspecified atom stereocenters. The van der Waals surface area contributed by atoms with Gasteiger partial charge < -0.3 is 10.5 Å². The van der Waals surface area contributed by atoms with Gasteiger partial charge in [0, 0.05) is 16.7 Å². The Hall–Kier alpha value is -1.73. The van der Waals surface area contributed by atoms with Crippen LogP contribution >= 0.6 is 22.7 Å². The van der Waals surface area contributed by atoms with Crippen LogP contribution in [0.25, 0.3) is 9.75 Å². The van der Waals surface area contributed by atoms with Crippen LogP contribution in [-0.4, -0.2) is 22.3 Å². The fourth-order valence-electron chi connectivity index (χ4n) is 1.43. The summed E-state index contributed by atoms with van der Waals surface area (Å²) in [6.45, 7) is 3.36. The molecule has 0 bridgehead atoms. The standard InChI is InChI=1S/C11H11N3O2S2/c1-6-10(18-11(13-6)14-7(2)15)9-4-3-8(17-9)5-12-16/h3-5,16H,1-2H3,(H,13,14,15)/b12-5-. The summed E-state index contributed by atoms with van der Waals surface area (Å²) >= 11 is 2.94. The summed E-state index contributed by atoms with van der Waals surface area (Å²) in [5.74, 6) is -0.130. The van der Waals surface area contributed by atoms with Crippen LogP contribution in [0.2, 0.25) is 0 Å². The third-order valence-corrected chi connectivity index (χ3v) is 4.39. The van der Waals surface area contributed by atoms with Gasteiger partial charge in [-0.3, -0.25) is 4.79 Å². The molecule has 0 aliphatic rings. The summed E-state index contributed by atoms with van der Waals surface area (Å²) in [6, 6.07) is 3.82. The maximum atomic E-state index is 11.0. The van der Waals surface area contributed by atoms with Gasteiger partial charge in [0.05, 0.1) is 16.8 Å². The Balaban J connectivity index is 2.31. The van der Waals surface area contributed by atoms with Gasteiger partial charge in [-0.2, -0.15) is 0 Å². The van der Waals surface area contributed by atoms with Crippen molar-refractivity contribution in [2.45, 2.75) is 13.8 Å². The zero-order chi connectivity index (χ0) is 13.1. The van der Waals surface area contributed by atoms with Gasteiger partial charge in [0.15, 0.2) is 5.13 Å². The van der Waals surface area contributed by atoms with Crippen molar-refractivity contribution in [1.82, 2.24) is 4.98 Å². The van der Waals surface area contributed by atoms with E-state index in [9.17, 15) is 4.79 Å². The van der Waals surface area contributed by atoms with E-state index in [1.807, 2.05) is 19.1 Å². The zero-order valence-electron chi connectivity index (χ0n) is 9.80. The van der Waals surface area contributed by atoms with Crippen LogP contribution in [0.1, 0.15) is 17.5 Å². The molecule has 2 rings (SSSR count). The molecule has 0 saturated carbocycles. The number of nitrogens with one attached hydrogen (secondary N) is 1. The van der Waals surface area contributed by atoms with Gasteiger partial charge in [0.25, 0.3) is 0 Å². The molecule has 0 saturated heterocycles. The lowest BCUT2D eigenvalue weighted by molar-refractivity contribution is -0.114. The van der Waals surface area contributed by atoms with E-state index in [-0.39, 0.29) is 5.91 Å². The maximum absolute atomic E-state index is 11.0. The Morgan fingerprint density at radius 1 is 1.50 bits per heavy atom. The van der Waals surface area contributed by atoms with Gasteiger partial charge in [-0.25, -0.2) is 4.98 Å². The summed E-state index contributed by atoms with van der Waals surface area (Å²) in [7, 11) is 0. The normalized spacial score (nSPS) is 11.0. The van der Waals surface area contributed by atoms with E-state index in [0.717, 1.165) is 20.3 Å². The van der Waals surface area contributed by atoms with Crippen LogP contribution in [-0.2, 0) is 4.79 Å². The Morgan fingerprint density at radius 3 is 2.94 bits per heavy atom. The fraction of sp³-hybridized carbons (Fsp3) is 0.182. The number of thiazole rings is 1. The van der Waals surface area contributed by atoms with Crippen molar-refractivity contribution in [3.05, 3.63) is 22.7 Å². The molecule has 2 aromatic heterocycles. The molecule has 0 radical (unpaired) electrons. The Kier molecular flexibility index (Phi) is 3.73. The average molecular weight is 281 g/mol. The lowest BCUT2D eigenvalue weighted by Gasteiger charge is -1.92. The van der Waals surface area contributed by atoms with E-state index in [2.05, 4.69) is 15.5 Å². The van der Waals surface area contributed by atoms with Gasteiger partial charge in [0.2, 0.25) is 5.91 Å². The molecule has 18 heavy (non-hydrogen) atoms. The van der Waals surface area contributed by atoms with Gasteiger partial charge in [-0.05, 0) is 19.1 Å². The number of anilines is 1. The number of aryl methyl sites for hydroxylation is 1. The molecule has 7 heteroatoms. The van der Waals surface area contributed by atoms with E-state index >= 15 is 0 Å². The number of thiophene rings is 1. The third kappa shape index (κ3) is 2.74. The van der Waals surface area contributed by atoms with Crippen molar-refractivity contribution < 1.29 is 10.0 Å². The fourth-order valence-corrected chi connectivity index (χ4v) is 3.48. The molecule has 5 nitrogen and oxygen atoms in total.